The highest BCUT2D eigenvalue weighted by Crippen LogP contribution is 2.27. The Balaban J connectivity index is 1.40. The first-order valence-corrected chi connectivity index (χ1v) is 12.5. The monoisotopic (exact) mass is 471 g/mol. The molecule has 168 valence electrons. The van der Waals surface area contributed by atoms with Crippen LogP contribution in [0.1, 0.15) is 5.56 Å². The fourth-order valence-corrected chi connectivity index (χ4v) is 5.29. The lowest BCUT2D eigenvalue weighted by molar-refractivity contribution is 0.0730. The van der Waals surface area contributed by atoms with Gasteiger partial charge in [0.25, 0.3) is 0 Å². The van der Waals surface area contributed by atoms with Crippen LogP contribution in [0.4, 0.5) is 10.8 Å². The van der Waals surface area contributed by atoms with Crippen molar-refractivity contribution in [2.75, 3.05) is 50.7 Å². The summed E-state index contributed by atoms with van der Waals surface area (Å²) in [6.45, 7) is 1.61. The van der Waals surface area contributed by atoms with Crippen LogP contribution in [0.25, 0.3) is 11.3 Å². The molecule has 10 heteroatoms. The second-order valence-electron chi connectivity index (χ2n) is 7.43. The zero-order chi connectivity index (χ0) is 22.6. The van der Waals surface area contributed by atoms with E-state index in [0.29, 0.717) is 31.4 Å². The summed E-state index contributed by atoms with van der Waals surface area (Å²) in [5.41, 5.74) is 6.67. The second-order valence-corrected chi connectivity index (χ2v) is 10.2. The molecule has 0 atom stereocenters. The summed E-state index contributed by atoms with van der Waals surface area (Å²) in [5, 5.41) is 6.83. The molecule has 1 aliphatic rings. The molecule has 1 saturated heterocycles. The molecular weight excluding hydrogens is 446 g/mol. The van der Waals surface area contributed by atoms with Crippen molar-refractivity contribution in [2.24, 2.45) is 5.10 Å². The van der Waals surface area contributed by atoms with Crippen LogP contribution in [0, 0.1) is 0 Å². The lowest BCUT2D eigenvalue weighted by Crippen LogP contribution is -2.40. The molecule has 0 spiro atoms. The standard InChI is InChI=1S/C22H25N5O3S2/c1-26(2)19-7-3-17(4-8-19)15-23-25-22-24-21(16-31-22)18-5-9-20(10-6-18)32(28,29)27-11-13-30-14-12-27/h3-10,15-16H,11-14H2,1-2H3,(H,24,25)/b23-15+. The average Bonchev–Trinajstić information content (AvgIpc) is 3.29. The number of benzene rings is 2. The van der Waals surface area contributed by atoms with Crippen molar-refractivity contribution in [3.63, 3.8) is 0 Å². The van der Waals surface area contributed by atoms with Gasteiger partial charge in [-0.25, -0.2) is 13.4 Å². The number of thiazole rings is 1. The van der Waals surface area contributed by atoms with Gasteiger partial charge in [0.1, 0.15) is 0 Å². The van der Waals surface area contributed by atoms with E-state index in [9.17, 15) is 8.42 Å². The largest absolute Gasteiger partial charge is 0.379 e. The summed E-state index contributed by atoms with van der Waals surface area (Å²) >= 11 is 1.44. The Morgan fingerprint density at radius 2 is 1.78 bits per heavy atom. The SMILES string of the molecule is CN(C)c1ccc(/C=N/Nc2nc(-c3ccc(S(=O)(=O)N4CCOCC4)cc3)cs2)cc1. The molecule has 1 aromatic heterocycles. The molecule has 0 bridgehead atoms. The third-order valence-corrected chi connectivity index (χ3v) is 7.71. The zero-order valence-electron chi connectivity index (χ0n) is 17.9. The minimum absolute atomic E-state index is 0.279. The van der Waals surface area contributed by atoms with Crippen molar-refractivity contribution >= 4 is 38.4 Å². The van der Waals surface area contributed by atoms with Crippen molar-refractivity contribution in [2.45, 2.75) is 4.90 Å². The maximum atomic E-state index is 12.8. The Kier molecular flexibility index (Phi) is 6.85. The molecule has 0 amide bonds. The number of hydrogen-bond acceptors (Lipinski definition) is 8. The van der Waals surface area contributed by atoms with Crippen LogP contribution in [-0.2, 0) is 14.8 Å². The quantitative estimate of drug-likeness (QED) is 0.420. The van der Waals surface area contributed by atoms with Crippen molar-refractivity contribution in [1.82, 2.24) is 9.29 Å². The highest BCUT2D eigenvalue weighted by atomic mass is 32.2. The van der Waals surface area contributed by atoms with E-state index in [0.717, 1.165) is 22.5 Å². The minimum atomic E-state index is -3.50. The Hall–Kier alpha value is -2.79. The summed E-state index contributed by atoms with van der Waals surface area (Å²) in [7, 11) is 0.502. The molecule has 2 heterocycles. The molecule has 1 fully saturated rings. The Labute approximate surface area is 192 Å². The van der Waals surface area contributed by atoms with Crippen LogP contribution in [0.15, 0.2) is 63.9 Å². The molecule has 4 rings (SSSR count). The van der Waals surface area contributed by atoms with E-state index < -0.39 is 10.0 Å². The maximum Gasteiger partial charge on any atom is 0.243 e. The fourth-order valence-electron chi connectivity index (χ4n) is 3.21. The number of sulfonamides is 1. The van der Waals surface area contributed by atoms with Gasteiger partial charge in [-0.05, 0) is 29.8 Å². The van der Waals surface area contributed by atoms with Crippen molar-refractivity contribution < 1.29 is 13.2 Å². The van der Waals surface area contributed by atoms with E-state index in [1.807, 2.05) is 48.6 Å². The van der Waals surface area contributed by atoms with Crippen LogP contribution in [-0.4, -0.2) is 64.3 Å². The summed E-state index contributed by atoms with van der Waals surface area (Å²) < 4.78 is 32.2. The van der Waals surface area contributed by atoms with Crippen molar-refractivity contribution in [3.8, 4) is 11.3 Å². The molecular formula is C22H25N5O3S2. The number of morpholine rings is 1. The van der Waals surface area contributed by atoms with Gasteiger partial charge >= 0.3 is 0 Å². The Morgan fingerprint density at radius 3 is 2.44 bits per heavy atom. The van der Waals surface area contributed by atoms with Crippen LogP contribution >= 0.6 is 11.3 Å². The summed E-state index contributed by atoms with van der Waals surface area (Å²) in [5.74, 6) is 0. The molecule has 1 N–H and O–H groups in total. The van der Waals surface area contributed by atoms with Gasteiger partial charge < -0.3 is 9.64 Å². The van der Waals surface area contributed by atoms with Crippen molar-refractivity contribution in [1.29, 1.82) is 0 Å². The lowest BCUT2D eigenvalue weighted by atomic mass is 10.2. The number of aromatic nitrogens is 1. The van der Waals surface area contributed by atoms with E-state index in [2.05, 4.69) is 15.5 Å². The van der Waals surface area contributed by atoms with E-state index >= 15 is 0 Å². The molecule has 2 aromatic carbocycles. The molecule has 0 aliphatic carbocycles. The molecule has 32 heavy (non-hydrogen) atoms. The number of anilines is 2. The third kappa shape index (κ3) is 5.16. The number of hydrazone groups is 1. The number of rotatable bonds is 7. The summed E-state index contributed by atoms with van der Waals surface area (Å²) in [6, 6.07) is 14.9. The topological polar surface area (TPSA) is 87.1 Å². The number of nitrogens with one attached hydrogen (secondary N) is 1. The van der Waals surface area contributed by atoms with Crippen LogP contribution in [0.5, 0.6) is 0 Å². The smallest absolute Gasteiger partial charge is 0.243 e. The first kappa shape index (κ1) is 22.4. The predicted octanol–water partition coefficient (Wildman–Crippen LogP) is 3.34. The predicted molar refractivity (Wildman–Crippen MR) is 129 cm³/mol. The summed E-state index contributed by atoms with van der Waals surface area (Å²) in [4.78, 5) is 6.86. The molecule has 3 aromatic rings. The first-order valence-electron chi connectivity index (χ1n) is 10.1. The average molecular weight is 472 g/mol. The van der Waals surface area contributed by atoms with E-state index in [4.69, 9.17) is 4.74 Å². The van der Waals surface area contributed by atoms with Gasteiger partial charge in [-0.2, -0.15) is 9.41 Å². The third-order valence-electron chi connectivity index (χ3n) is 5.05. The second kappa shape index (κ2) is 9.78. The normalized spacial score (nSPS) is 15.2. The first-order chi connectivity index (χ1) is 15.4. The lowest BCUT2D eigenvalue weighted by Gasteiger charge is -2.26. The Bertz CT molecular complexity index is 1170. The molecule has 1 aliphatic heterocycles. The van der Waals surface area contributed by atoms with Crippen LogP contribution in [0.2, 0.25) is 0 Å². The highest BCUT2D eigenvalue weighted by Gasteiger charge is 2.26. The summed E-state index contributed by atoms with van der Waals surface area (Å²) in [6.07, 6.45) is 1.74. The molecule has 8 nitrogen and oxygen atoms in total. The molecule has 0 unspecified atom stereocenters. The molecule has 0 radical (unpaired) electrons. The van der Waals surface area contributed by atoms with Gasteiger partial charge in [0.05, 0.1) is 30.0 Å². The Morgan fingerprint density at radius 1 is 1.09 bits per heavy atom. The van der Waals surface area contributed by atoms with Gasteiger partial charge in [-0.15, -0.1) is 11.3 Å². The molecule has 0 saturated carbocycles. The van der Waals surface area contributed by atoms with Crippen LogP contribution < -0.4 is 10.3 Å². The van der Waals surface area contributed by atoms with E-state index in [1.54, 1.807) is 30.5 Å². The van der Waals surface area contributed by atoms with Crippen LogP contribution in [0.3, 0.4) is 0 Å². The number of hydrogen-bond donors (Lipinski definition) is 1. The minimum Gasteiger partial charge on any atom is -0.379 e. The van der Waals surface area contributed by atoms with Gasteiger partial charge in [0.15, 0.2) is 0 Å². The van der Waals surface area contributed by atoms with Gasteiger partial charge in [0, 0.05) is 43.8 Å². The van der Waals surface area contributed by atoms with Gasteiger partial charge in [-0.1, -0.05) is 24.3 Å². The van der Waals surface area contributed by atoms with E-state index in [1.165, 1.54) is 15.6 Å². The van der Waals surface area contributed by atoms with Gasteiger partial charge in [0.2, 0.25) is 15.2 Å². The number of ether oxygens (including phenoxy) is 1. The fraction of sp³-hybridized carbons (Fsp3) is 0.273. The maximum absolute atomic E-state index is 12.8. The zero-order valence-corrected chi connectivity index (χ0v) is 19.6. The number of nitrogens with zero attached hydrogens (tertiary/aromatic N) is 4. The van der Waals surface area contributed by atoms with E-state index in [-0.39, 0.29) is 4.90 Å². The van der Waals surface area contributed by atoms with Crippen molar-refractivity contribution in [3.05, 3.63) is 59.5 Å². The highest BCUT2D eigenvalue weighted by molar-refractivity contribution is 7.89. The van der Waals surface area contributed by atoms with Gasteiger partial charge in [-0.3, -0.25) is 5.43 Å².